The Bertz CT molecular complexity index is 1240. The van der Waals surface area contributed by atoms with E-state index in [1.807, 2.05) is 18.2 Å². The molecule has 174 valence electrons. The lowest BCUT2D eigenvalue weighted by Gasteiger charge is -2.25. The number of likely N-dealkylation sites (tertiary alicyclic amines) is 1. The van der Waals surface area contributed by atoms with Crippen molar-refractivity contribution < 1.29 is 17.2 Å². The van der Waals surface area contributed by atoms with Gasteiger partial charge in [-0.1, -0.05) is 48.0 Å². The summed E-state index contributed by atoms with van der Waals surface area (Å²) in [6, 6.07) is 16.6. The molecule has 2 atom stereocenters. The zero-order chi connectivity index (χ0) is 23.6. The largest absolute Gasteiger partial charge is 0.380 e. The summed E-state index contributed by atoms with van der Waals surface area (Å²) in [5.74, 6) is -2.20. The number of nitrogens with zero attached hydrogens (tertiary/aromatic N) is 2. The van der Waals surface area contributed by atoms with E-state index in [1.165, 1.54) is 23.8 Å². The fraction of sp³-hybridized carbons (Fsp3) is 0.261. The van der Waals surface area contributed by atoms with Crippen molar-refractivity contribution in [3.05, 3.63) is 83.0 Å². The number of nitrogens with one attached hydrogen (secondary N) is 2. The van der Waals surface area contributed by atoms with Gasteiger partial charge in [0.15, 0.2) is 5.82 Å². The van der Waals surface area contributed by atoms with E-state index in [4.69, 9.17) is 11.6 Å². The first kappa shape index (κ1) is 23.4. The molecule has 1 aliphatic rings. The highest BCUT2D eigenvalue weighted by Gasteiger charge is 2.29. The normalized spacial score (nSPS) is 17.6. The molecule has 0 amide bonds. The Morgan fingerprint density at radius 3 is 2.58 bits per heavy atom. The van der Waals surface area contributed by atoms with Crippen LogP contribution in [0.5, 0.6) is 0 Å². The molecule has 10 heteroatoms. The van der Waals surface area contributed by atoms with Gasteiger partial charge in [0.25, 0.3) is 10.0 Å². The van der Waals surface area contributed by atoms with Gasteiger partial charge < -0.3 is 5.32 Å². The average Bonchev–Trinajstić information content (AvgIpc) is 3.25. The van der Waals surface area contributed by atoms with Crippen LogP contribution < -0.4 is 10.0 Å². The van der Waals surface area contributed by atoms with E-state index in [0.717, 1.165) is 31.6 Å². The minimum Gasteiger partial charge on any atom is -0.380 e. The number of hydrogen-bond acceptors (Lipinski definition) is 5. The molecule has 3 aromatic rings. The highest BCUT2D eigenvalue weighted by atomic mass is 35.5. The number of halogens is 3. The van der Waals surface area contributed by atoms with Crippen molar-refractivity contribution in [2.75, 3.05) is 23.1 Å². The summed E-state index contributed by atoms with van der Waals surface area (Å²) in [5, 5.41) is 2.91. The lowest BCUT2D eigenvalue weighted by atomic mass is 10.1. The Hall–Kier alpha value is -2.75. The van der Waals surface area contributed by atoms with E-state index in [0.29, 0.717) is 5.69 Å². The number of benzene rings is 2. The summed E-state index contributed by atoms with van der Waals surface area (Å²) in [5.41, 5.74) is 1.54. The maximum Gasteiger partial charge on any atom is 0.266 e. The molecule has 1 aromatic heterocycles. The quantitative estimate of drug-likeness (QED) is 0.451. The molecule has 33 heavy (non-hydrogen) atoms. The molecule has 0 saturated carbocycles. The Morgan fingerprint density at radius 2 is 1.85 bits per heavy atom. The van der Waals surface area contributed by atoms with Crippen LogP contribution in [-0.4, -0.2) is 37.4 Å². The van der Waals surface area contributed by atoms with E-state index >= 15 is 0 Å². The first-order valence-electron chi connectivity index (χ1n) is 10.4. The number of pyridine rings is 1. The van der Waals surface area contributed by atoms with Gasteiger partial charge in [-0.05, 0) is 43.2 Å². The molecule has 0 bridgehead atoms. The maximum absolute atomic E-state index is 14.9. The van der Waals surface area contributed by atoms with Gasteiger partial charge >= 0.3 is 0 Å². The lowest BCUT2D eigenvalue weighted by Crippen LogP contribution is -2.28. The molecule has 1 fully saturated rings. The van der Waals surface area contributed by atoms with Crippen LogP contribution in [0.15, 0.2) is 65.6 Å². The fourth-order valence-corrected chi connectivity index (χ4v) is 5.29. The number of aromatic nitrogens is 1. The van der Waals surface area contributed by atoms with Crippen LogP contribution in [0.2, 0.25) is 5.02 Å². The summed E-state index contributed by atoms with van der Waals surface area (Å²) in [7, 11) is -4.35. The molecule has 6 nitrogen and oxygen atoms in total. The van der Waals surface area contributed by atoms with Crippen molar-refractivity contribution in [3.63, 3.8) is 0 Å². The lowest BCUT2D eigenvalue weighted by molar-refractivity contribution is 0.261. The van der Waals surface area contributed by atoms with E-state index in [9.17, 15) is 17.2 Å². The predicted octanol–water partition coefficient (Wildman–Crippen LogP) is 5.06. The van der Waals surface area contributed by atoms with E-state index in [2.05, 4.69) is 39.0 Å². The van der Waals surface area contributed by atoms with Gasteiger partial charge in [0, 0.05) is 25.2 Å². The molecular formula is C23H23ClF2N4O2S. The van der Waals surface area contributed by atoms with Crippen molar-refractivity contribution in [1.29, 1.82) is 0 Å². The van der Waals surface area contributed by atoms with Gasteiger partial charge in [-0.15, -0.1) is 0 Å². The number of rotatable bonds is 7. The average molecular weight is 493 g/mol. The van der Waals surface area contributed by atoms with Crippen molar-refractivity contribution >= 4 is 33.1 Å². The predicted molar refractivity (Wildman–Crippen MR) is 125 cm³/mol. The third-order valence-electron chi connectivity index (χ3n) is 5.70. The van der Waals surface area contributed by atoms with Crippen LogP contribution >= 0.6 is 11.6 Å². The molecule has 1 unspecified atom stereocenters. The zero-order valence-electron chi connectivity index (χ0n) is 17.8. The summed E-state index contributed by atoms with van der Waals surface area (Å²) in [4.78, 5) is 5.12. The topological polar surface area (TPSA) is 74.3 Å². The van der Waals surface area contributed by atoms with Crippen molar-refractivity contribution in [3.8, 4) is 0 Å². The number of sulfonamides is 1. The Morgan fingerprint density at radius 1 is 1.09 bits per heavy atom. The van der Waals surface area contributed by atoms with Crippen LogP contribution in [0, 0.1) is 11.8 Å². The van der Waals surface area contributed by atoms with Gasteiger partial charge in [0.1, 0.15) is 15.7 Å². The zero-order valence-corrected chi connectivity index (χ0v) is 19.4. The van der Waals surface area contributed by atoms with Crippen LogP contribution in [-0.2, 0) is 10.0 Å². The molecule has 1 aliphatic heterocycles. The van der Waals surface area contributed by atoms with Gasteiger partial charge in [-0.25, -0.2) is 17.8 Å². The molecule has 2 N–H and O–H groups in total. The van der Waals surface area contributed by atoms with Gasteiger partial charge in [0.05, 0.1) is 5.69 Å². The summed E-state index contributed by atoms with van der Waals surface area (Å²) >= 11 is 6.19. The van der Waals surface area contributed by atoms with Crippen molar-refractivity contribution in [2.45, 2.75) is 30.3 Å². The van der Waals surface area contributed by atoms with Crippen LogP contribution in [0.25, 0.3) is 0 Å². The Balaban J connectivity index is 1.46. The SMILES string of the molecule is C[C@@H](c1ccccc1)N1CCC(Nc2ccc(S(=O)(=O)Nc3cccc(F)n3)c(F)c2Cl)C1. The first-order valence-corrected chi connectivity index (χ1v) is 12.3. The third-order valence-corrected chi connectivity index (χ3v) is 7.44. The van der Waals surface area contributed by atoms with Crippen LogP contribution in [0.1, 0.15) is 24.9 Å². The van der Waals surface area contributed by atoms with Crippen LogP contribution in [0.3, 0.4) is 0 Å². The smallest absolute Gasteiger partial charge is 0.266 e. The Kier molecular flexibility index (Phi) is 6.83. The number of anilines is 2. The fourth-order valence-electron chi connectivity index (χ4n) is 3.93. The molecule has 4 rings (SSSR count). The van der Waals surface area contributed by atoms with E-state index in [1.54, 1.807) is 0 Å². The minimum atomic E-state index is -4.35. The van der Waals surface area contributed by atoms with E-state index < -0.39 is 26.7 Å². The monoisotopic (exact) mass is 492 g/mol. The highest BCUT2D eigenvalue weighted by Crippen LogP contribution is 2.33. The molecule has 2 heterocycles. The second-order valence-electron chi connectivity index (χ2n) is 7.90. The molecule has 0 radical (unpaired) electrons. The summed E-state index contributed by atoms with van der Waals surface area (Å²) in [6.07, 6.45) is 0.835. The Labute approximate surface area is 196 Å². The molecule has 2 aromatic carbocycles. The maximum atomic E-state index is 14.9. The first-order chi connectivity index (χ1) is 15.7. The minimum absolute atomic E-state index is 0.0325. The molecular weight excluding hydrogens is 470 g/mol. The second-order valence-corrected chi connectivity index (χ2v) is 9.93. The highest BCUT2D eigenvalue weighted by molar-refractivity contribution is 7.92. The van der Waals surface area contributed by atoms with Crippen molar-refractivity contribution in [1.82, 2.24) is 9.88 Å². The standard InChI is InChI=1S/C23H23ClF2N4O2S/c1-15(16-6-3-2-4-7-16)30-13-12-17(14-30)27-18-10-11-19(23(26)22(18)24)33(31,32)29-21-9-5-8-20(25)28-21/h2-11,15,17,27H,12-14H2,1H3,(H,28,29)/t15-,17?/m0/s1. The van der Waals surface area contributed by atoms with Gasteiger partial charge in [-0.3, -0.25) is 9.62 Å². The van der Waals surface area contributed by atoms with Gasteiger partial charge in [-0.2, -0.15) is 4.39 Å². The second kappa shape index (κ2) is 9.62. The van der Waals surface area contributed by atoms with E-state index in [-0.39, 0.29) is 22.9 Å². The summed E-state index contributed by atoms with van der Waals surface area (Å²) in [6.45, 7) is 3.75. The van der Waals surface area contributed by atoms with Gasteiger partial charge in [0.2, 0.25) is 5.95 Å². The van der Waals surface area contributed by atoms with Crippen molar-refractivity contribution in [2.24, 2.45) is 0 Å². The molecule has 1 saturated heterocycles. The third kappa shape index (κ3) is 5.26. The molecule has 0 spiro atoms. The molecule has 0 aliphatic carbocycles. The summed E-state index contributed by atoms with van der Waals surface area (Å²) < 4.78 is 55.5. The van der Waals surface area contributed by atoms with Crippen LogP contribution in [0.4, 0.5) is 20.3 Å². The number of hydrogen-bond donors (Lipinski definition) is 2.